The quantitative estimate of drug-likeness (QED) is 0.234. The second-order valence-corrected chi connectivity index (χ2v) is 8.12. The van der Waals surface area contributed by atoms with E-state index in [9.17, 15) is 4.79 Å². The molecule has 0 unspecified atom stereocenters. The van der Waals surface area contributed by atoms with Crippen LogP contribution in [0.3, 0.4) is 0 Å². The number of benzene rings is 2. The number of ether oxygens (including phenoxy) is 2. The smallest absolute Gasteiger partial charge is 0.257 e. The summed E-state index contributed by atoms with van der Waals surface area (Å²) in [6, 6.07) is 12.8. The lowest BCUT2D eigenvalue weighted by Crippen LogP contribution is -2.34. The molecule has 0 aliphatic heterocycles. The zero-order valence-corrected chi connectivity index (χ0v) is 19.8. The fourth-order valence-corrected chi connectivity index (χ4v) is 3.62. The predicted octanol–water partition coefficient (Wildman–Crippen LogP) is 5.78. The van der Waals surface area contributed by atoms with Gasteiger partial charge in [0, 0.05) is 11.3 Å². The van der Waals surface area contributed by atoms with Crippen molar-refractivity contribution in [1.29, 1.82) is 0 Å². The van der Waals surface area contributed by atoms with Crippen molar-refractivity contribution in [3.05, 3.63) is 51.6 Å². The predicted molar refractivity (Wildman–Crippen MR) is 130 cm³/mol. The molecule has 2 N–H and O–H groups in total. The van der Waals surface area contributed by atoms with E-state index >= 15 is 0 Å². The molecule has 156 valence electrons. The summed E-state index contributed by atoms with van der Waals surface area (Å²) in [5, 5.41) is 5.94. The largest absolute Gasteiger partial charge is 0.496 e. The van der Waals surface area contributed by atoms with Crippen molar-refractivity contribution in [2.45, 2.75) is 39.0 Å². The zero-order valence-electron chi connectivity index (χ0n) is 16.8. The summed E-state index contributed by atoms with van der Waals surface area (Å²) in [5.74, 6) is 1.28. The van der Waals surface area contributed by atoms with Gasteiger partial charge < -0.3 is 14.8 Å². The van der Waals surface area contributed by atoms with Gasteiger partial charge in [-0.25, -0.2) is 0 Å². The van der Waals surface area contributed by atoms with E-state index < -0.39 is 0 Å². The molecule has 0 aromatic heterocycles. The van der Waals surface area contributed by atoms with Crippen molar-refractivity contribution in [3.63, 3.8) is 0 Å². The third-order valence-electron chi connectivity index (χ3n) is 4.27. The molecule has 5 nitrogen and oxygen atoms in total. The Morgan fingerprint density at radius 2 is 1.79 bits per heavy atom. The van der Waals surface area contributed by atoms with Crippen LogP contribution in [0, 0.1) is 3.57 Å². The topological polar surface area (TPSA) is 59.6 Å². The molecule has 0 radical (unpaired) electrons. The van der Waals surface area contributed by atoms with Gasteiger partial charge in [-0.15, -0.1) is 0 Å². The minimum absolute atomic E-state index is 0.241. The summed E-state index contributed by atoms with van der Waals surface area (Å²) >= 11 is 7.37. The Labute approximate surface area is 191 Å². The number of rotatable bonds is 10. The van der Waals surface area contributed by atoms with Gasteiger partial charge in [-0.05, 0) is 83.7 Å². The molecule has 2 aromatic carbocycles. The Morgan fingerprint density at radius 1 is 1.07 bits per heavy atom. The molecule has 0 saturated heterocycles. The zero-order chi connectivity index (χ0) is 21.1. The van der Waals surface area contributed by atoms with Crippen molar-refractivity contribution in [2.75, 3.05) is 19.0 Å². The van der Waals surface area contributed by atoms with E-state index in [1.54, 1.807) is 25.3 Å². The fourth-order valence-electron chi connectivity index (χ4n) is 2.68. The number of thiocarbonyl (C=S) groups is 1. The van der Waals surface area contributed by atoms with E-state index in [-0.39, 0.29) is 11.0 Å². The maximum Gasteiger partial charge on any atom is 0.257 e. The van der Waals surface area contributed by atoms with Gasteiger partial charge in [0.25, 0.3) is 5.91 Å². The van der Waals surface area contributed by atoms with Gasteiger partial charge in [0.1, 0.15) is 11.5 Å². The second kappa shape index (κ2) is 12.6. The van der Waals surface area contributed by atoms with Crippen molar-refractivity contribution in [3.8, 4) is 11.5 Å². The molecule has 0 atom stereocenters. The molecule has 0 aliphatic carbocycles. The summed E-state index contributed by atoms with van der Waals surface area (Å²) < 4.78 is 11.8. The van der Waals surface area contributed by atoms with Crippen LogP contribution >= 0.6 is 34.8 Å². The van der Waals surface area contributed by atoms with E-state index in [0.29, 0.717) is 5.56 Å². The molecule has 0 fully saturated rings. The lowest BCUT2D eigenvalue weighted by molar-refractivity contribution is 0.0977. The Balaban J connectivity index is 1.78. The van der Waals surface area contributed by atoms with Gasteiger partial charge in [0.2, 0.25) is 0 Å². The van der Waals surface area contributed by atoms with Gasteiger partial charge in [-0.1, -0.05) is 32.6 Å². The molecule has 1 amide bonds. The van der Waals surface area contributed by atoms with E-state index in [1.165, 1.54) is 25.7 Å². The SMILES string of the molecule is CCCCCCCOc1ccc(NC(=S)NC(=O)c2ccc(OC)c(I)c2)cc1. The summed E-state index contributed by atoms with van der Waals surface area (Å²) in [6.07, 6.45) is 6.07. The number of unbranched alkanes of at least 4 members (excludes halogenated alkanes) is 4. The van der Waals surface area contributed by atoms with Crippen molar-refractivity contribution < 1.29 is 14.3 Å². The first-order valence-electron chi connectivity index (χ1n) is 9.72. The van der Waals surface area contributed by atoms with Gasteiger partial charge in [-0.2, -0.15) is 0 Å². The molecule has 7 heteroatoms. The summed E-state index contributed by atoms with van der Waals surface area (Å²) in [5.41, 5.74) is 1.30. The van der Waals surface area contributed by atoms with Crippen molar-refractivity contribution in [2.24, 2.45) is 0 Å². The number of methoxy groups -OCH3 is 1. The lowest BCUT2D eigenvalue weighted by Gasteiger charge is -2.11. The van der Waals surface area contributed by atoms with Gasteiger partial charge >= 0.3 is 0 Å². The molecule has 0 spiro atoms. The normalized spacial score (nSPS) is 10.3. The van der Waals surface area contributed by atoms with Gasteiger partial charge in [-0.3, -0.25) is 10.1 Å². The first-order valence-corrected chi connectivity index (χ1v) is 11.2. The van der Waals surface area contributed by atoms with Crippen LogP contribution in [-0.2, 0) is 0 Å². The van der Waals surface area contributed by atoms with E-state index in [2.05, 4.69) is 40.1 Å². The highest BCUT2D eigenvalue weighted by molar-refractivity contribution is 14.1. The summed E-state index contributed by atoms with van der Waals surface area (Å²) in [6.45, 7) is 2.94. The van der Waals surface area contributed by atoms with Crippen LogP contribution in [-0.4, -0.2) is 24.7 Å². The molecular formula is C22H27IN2O3S. The third-order valence-corrected chi connectivity index (χ3v) is 5.32. The van der Waals surface area contributed by atoms with Gasteiger partial charge in [0.05, 0.1) is 17.3 Å². The van der Waals surface area contributed by atoms with Crippen molar-refractivity contribution in [1.82, 2.24) is 5.32 Å². The highest BCUT2D eigenvalue weighted by atomic mass is 127. The van der Waals surface area contributed by atoms with Crippen LogP contribution in [0.4, 0.5) is 5.69 Å². The van der Waals surface area contributed by atoms with E-state index in [0.717, 1.165) is 33.8 Å². The lowest BCUT2D eigenvalue weighted by atomic mass is 10.2. The Kier molecular flexibility index (Phi) is 10.2. The average Bonchev–Trinajstić information content (AvgIpc) is 2.71. The molecule has 0 saturated carbocycles. The molecule has 0 aliphatic rings. The second-order valence-electron chi connectivity index (χ2n) is 6.54. The molecule has 0 heterocycles. The van der Waals surface area contributed by atoms with Crippen molar-refractivity contribution >= 4 is 51.5 Å². The minimum Gasteiger partial charge on any atom is -0.496 e. The number of halogens is 1. The fraction of sp³-hybridized carbons (Fsp3) is 0.364. The molecular weight excluding hydrogens is 499 g/mol. The highest BCUT2D eigenvalue weighted by Crippen LogP contribution is 2.21. The number of hydrogen-bond acceptors (Lipinski definition) is 4. The standard InChI is InChI=1S/C22H27IN2O3S/c1-3-4-5-6-7-14-28-18-11-9-17(10-12-18)24-22(29)25-21(26)16-8-13-20(27-2)19(23)15-16/h8-13,15H,3-7,14H2,1-2H3,(H2,24,25,26,29). The minimum atomic E-state index is -0.272. The summed E-state index contributed by atoms with van der Waals surface area (Å²) in [4.78, 5) is 12.4. The number of anilines is 1. The highest BCUT2D eigenvalue weighted by Gasteiger charge is 2.10. The number of carbonyl (C=O) groups is 1. The van der Waals surface area contributed by atoms with Crippen LogP contribution in [0.1, 0.15) is 49.4 Å². The van der Waals surface area contributed by atoms with Gasteiger partial charge in [0.15, 0.2) is 5.11 Å². The van der Waals surface area contributed by atoms with Crippen LogP contribution in [0.5, 0.6) is 11.5 Å². The van der Waals surface area contributed by atoms with Crippen LogP contribution in [0.15, 0.2) is 42.5 Å². The Bertz CT molecular complexity index is 812. The monoisotopic (exact) mass is 526 g/mol. The Hall–Kier alpha value is -1.87. The summed E-state index contributed by atoms with van der Waals surface area (Å²) in [7, 11) is 1.60. The molecule has 29 heavy (non-hydrogen) atoms. The molecule has 2 aromatic rings. The van der Waals surface area contributed by atoms with E-state index in [1.807, 2.05) is 24.3 Å². The Morgan fingerprint density at radius 3 is 2.45 bits per heavy atom. The molecule has 2 rings (SSSR count). The maximum atomic E-state index is 12.4. The number of carbonyl (C=O) groups excluding carboxylic acids is 1. The first kappa shape index (κ1) is 23.4. The van der Waals surface area contributed by atoms with Crippen LogP contribution in [0.25, 0.3) is 0 Å². The van der Waals surface area contributed by atoms with E-state index in [4.69, 9.17) is 21.7 Å². The maximum absolute atomic E-state index is 12.4. The third kappa shape index (κ3) is 8.18. The van der Waals surface area contributed by atoms with Crippen LogP contribution < -0.4 is 20.1 Å². The number of amides is 1. The average molecular weight is 526 g/mol. The number of nitrogens with one attached hydrogen (secondary N) is 2. The number of hydrogen-bond donors (Lipinski definition) is 2. The van der Waals surface area contributed by atoms with Crippen LogP contribution in [0.2, 0.25) is 0 Å². The first-order chi connectivity index (χ1) is 14.0. The molecule has 0 bridgehead atoms.